The minimum atomic E-state index is -0.616. The monoisotopic (exact) mass is 211 g/mol. The molecule has 1 heterocycles. The summed E-state index contributed by atoms with van der Waals surface area (Å²) in [5, 5.41) is 9.16. The van der Waals surface area contributed by atoms with Gasteiger partial charge in [0.25, 0.3) is 0 Å². The van der Waals surface area contributed by atoms with Crippen LogP contribution in [0.15, 0.2) is 0 Å². The lowest BCUT2D eigenvalue weighted by Gasteiger charge is -2.32. The molecule has 1 N–H and O–H groups in total. The number of aliphatic carboxylic acids is 1. The van der Waals surface area contributed by atoms with Gasteiger partial charge in [-0.1, -0.05) is 19.8 Å². The third-order valence-electron chi connectivity index (χ3n) is 4.15. The summed E-state index contributed by atoms with van der Waals surface area (Å²) in [5.41, 5.74) is 0. The van der Waals surface area contributed by atoms with Crippen molar-refractivity contribution in [2.75, 3.05) is 6.54 Å². The van der Waals surface area contributed by atoms with Crippen molar-refractivity contribution in [1.82, 2.24) is 4.90 Å². The first kappa shape index (κ1) is 10.9. The van der Waals surface area contributed by atoms with Crippen LogP contribution in [0.25, 0.3) is 0 Å². The quantitative estimate of drug-likeness (QED) is 0.777. The molecule has 2 rings (SSSR count). The molecular formula is C12H21NO2. The molecule has 3 atom stereocenters. The zero-order chi connectivity index (χ0) is 10.8. The van der Waals surface area contributed by atoms with Gasteiger partial charge in [-0.3, -0.25) is 9.69 Å². The highest BCUT2D eigenvalue weighted by Gasteiger charge is 2.39. The minimum absolute atomic E-state index is 0.192. The number of hydrogen-bond donors (Lipinski definition) is 1. The van der Waals surface area contributed by atoms with Crippen LogP contribution in [0.4, 0.5) is 0 Å². The second-order valence-electron chi connectivity index (χ2n) is 4.90. The minimum Gasteiger partial charge on any atom is -0.480 e. The van der Waals surface area contributed by atoms with Crippen molar-refractivity contribution in [3.05, 3.63) is 0 Å². The van der Waals surface area contributed by atoms with Gasteiger partial charge in [0.2, 0.25) is 0 Å². The van der Waals surface area contributed by atoms with Gasteiger partial charge in [0.15, 0.2) is 0 Å². The lowest BCUT2D eigenvalue weighted by atomic mass is 9.98. The molecule has 0 aromatic rings. The number of carboxylic acids is 1. The van der Waals surface area contributed by atoms with Gasteiger partial charge in [-0.25, -0.2) is 0 Å². The van der Waals surface area contributed by atoms with E-state index in [0.717, 1.165) is 25.3 Å². The average molecular weight is 211 g/mol. The maximum Gasteiger partial charge on any atom is 0.320 e. The predicted octanol–water partition coefficient (Wildman–Crippen LogP) is 2.11. The van der Waals surface area contributed by atoms with E-state index < -0.39 is 5.97 Å². The van der Waals surface area contributed by atoms with Gasteiger partial charge in [0.1, 0.15) is 6.04 Å². The molecule has 3 nitrogen and oxygen atoms in total. The Morgan fingerprint density at radius 1 is 1.33 bits per heavy atom. The Morgan fingerprint density at radius 3 is 2.80 bits per heavy atom. The predicted molar refractivity (Wildman–Crippen MR) is 58.8 cm³/mol. The molecule has 0 radical (unpaired) electrons. The van der Waals surface area contributed by atoms with Crippen LogP contribution in [0.5, 0.6) is 0 Å². The van der Waals surface area contributed by atoms with Crippen molar-refractivity contribution >= 4 is 5.97 Å². The molecule has 1 aliphatic carbocycles. The zero-order valence-corrected chi connectivity index (χ0v) is 9.48. The second-order valence-corrected chi connectivity index (χ2v) is 4.90. The Morgan fingerprint density at radius 2 is 2.13 bits per heavy atom. The molecule has 0 bridgehead atoms. The number of carbonyl (C=O) groups is 1. The molecule has 0 aromatic carbocycles. The van der Waals surface area contributed by atoms with Crippen molar-refractivity contribution in [1.29, 1.82) is 0 Å². The van der Waals surface area contributed by atoms with Gasteiger partial charge < -0.3 is 5.11 Å². The SMILES string of the molecule is CCC1CCCC1N1CCCC1C(=O)O. The number of rotatable bonds is 3. The molecule has 2 aliphatic rings. The maximum atomic E-state index is 11.1. The average Bonchev–Trinajstić information content (AvgIpc) is 2.85. The molecule has 3 unspecified atom stereocenters. The Kier molecular flexibility index (Phi) is 3.29. The van der Waals surface area contributed by atoms with Crippen LogP contribution >= 0.6 is 0 Å². The molecule has 0 aromatic heterocycles. The van der Waals surface area contributed by atoms with Crippen molar-refractivity contribution in [3.63, 3.8) is 0 Å². The van der Waals surface area contributed by atoms with Crippen LogP contribution in [0.2, 0.25) is 0 Å². The Hall–Kier alpha value is -0.570. The number of carboxylic acid groups (broad SMARTS) is 1. The van der Waals surface area contributed by atoms with E-state index in [9.17, 15) is 4.79 Å². The van der Waals surface area contributed by atoms with E-state index in [1.807, 2.05) is 0 Å². The lowest BCUT2D eigenvalue weighted by molar-refractivity contribution is -0.143. The van der Waals surface area contributed by atoms with E-state index in [4.69, 9.17) is 5.11 Å². The Balaban J connectivity index is 2.05. The van der Waals surface area contributed by atoms with Crippen molar-refractivity contribution in [3.8, 4) is 0 Å². The summed E-state index contributed by atoms with van der Waals surface area (Å²) in [6.07, 6.45) is 6.90. The van der Waals surface area contributed by atoms with Crippen molar-refractivity contribution in [2.45, 2.75) is 57.5 Å². The third kappa shape index (κ3) is 2.03. The van der Waals surface area contributed by atoms with Crippen molar-refractivity contribution in [2.24, 2.45) is 5.92 Å². The topological polar surface area (TPSA) is 40.5 Å². The van der Waals surface area contributed by atoms with Crippen LogP contribution in [0.1, 0.15) is 45.4 Å². The molecule has 1 aliphatic heterocycles. The van der Waals surface area contributed by atoms with E-state index in [0.29, 0.717) is 6.04 Å². The van der Waals surface area contributed by atoms with Gasteiger partial charge in [-0.2, -0.15) is 0 Å². The Bertz CT molecular complexity index is 242. The highest BCUT2D eigenvalue weighted by Crippen LogP contribution is 2.36. The first-order valence-corrected chi connectivity index (χ1v) is 6.22. The van der Waals surface area contributed by atoms with Gasteiger partial charge in [0, 0.05) is 6.04 Å². The number of hydrogen-bond acceptors (Lipinski definition) is 2. The van der Waals surface area contributed by atoms with E-state index >= 15 is 0 Å². The van der Waals surface area contributed by atoms with E-state index in [-0.39, 0.29) is 6.04 Å². The van der Waals surface area contributed by atoms with Crippen LogP contribution in [-0.4, -0.2) is 34.6 Å². The molecule has 3 heteroatoms. The number of likely N-dealkylation sites (tertiary alicyclic amines) is 1. The van der Waals surface area contributed by atoms with E-state index in [1.165, 1.54) is 25.7 Å². The fraction of sp³-hybridized carbons (Fsp3) is 0.917. The summed E-state index contributed by atoms with van der Waals surface area (Å²) in [7, 11) is 0. The van der Waals surface area contributed by atoms with Crippen molar-refractivity contribution < 1.29 is 9.90 Å². The third-order valence-corrected chi connectivity index (χ3v) is 4.15. The van der Waals surface area contributed by atoms with Gasteiger partial charge in [-0.05, 0) is 38.1 Å². The Labute approximate surface area is 91.5 Å². The fourth-order valence-corrected chi connectivity index (χ4v) is 3.38. The molecule has 0 amide bonds. The standard InChI is InChI=1S/C12H21NO2/c1-2-9-5-3-6-10(9)13-8-4-7-11(13)12(14)15/h9-11H,2-8H2,1H3,(H,14,15). The van der Waals surface area contributed by atoms with Crippen LogP contribution in [-0.2, 0) is 4.79 Å². The summed E-state index contributed by atoms with van der Waals surface area (Å²) in [6.45, 7) is 3.23. The van der Waals surface area contributed by atoms with Gasteiger partial charge >= 0.3 is 5.97 Å². The van der Waals surface area contributed by atoms with E-state index in [1.54, 1.807) is 0 Å². The van der Waals surface area contributed by atoms with Crippen LogP contribution in [0.3, 0.4) is 0 Å². The molecule has 86 valence electrons. The van der Waals surface area contributed by atoms with Crippen LogP contribution in [0, 0.1) is 5.92 Å². The number of nitrogens with zero attached hydrogens (tertiary/aromatic N) is 1. The molecular weight excluding hydrogens is 190 g/mol. The fourth-order valence-electron chi connectivity index (χ4n) is 3.38. The summed E-state index contributed by atoms with van der Waals surface area (Å²) in [6, 6.07) is 0.362. The largest absolute Gasteiger partial charge is 0.480 e. The summed E-state index contributed by atoms with van der Waals surface area (Å²) in [5.74, 6) is 0.124. The highest BCUT2D eigenvalue weighted by atomic mass is 16.4. The lowest BCUT2D eigenvalue weighted by Crippen LogP contribution is -2.44. The molecule has 2 fully saturated rings. The second kappa shape index (κ2) is 4.52. The van der Waals surface area contributed by atoms with E-state index in [2.05, 4.69) is 11.8 Å². The maximum absolute atomic E-state index is 11.1. The zero-order valence-electron chi connectivity index (χ0n) is 9.48. The van der Waals surface area contributed by atoms with Gasteiger partial charge in [0.05, 0.1) is 0 Å². The summed E-state index contributed by atoms with van der Waals surface area (Å²) in [4.78, 5) is 13.4. The smallest absolute Gasteiger partial charge is 0.320 e. The normalized spacial score (nSPS) is 37.3. The first-order chi connectivity index (χ1) is 7.24. The summed E-state index contributed by atoms with van der Waals surface area (Å²) < 4.78 is 0. The van der Waals surface area contributed by atoms with Crippen LogP contribution < -0.4 is 0 Å². The highest BCUT2D eigenvalue weighted by molar-refractivity contribution is 5.73. The van der Waals surface area contributed by atoms with Gasteiger partial charge in [-0.15, -0.1) is 0 Å². The molecule has 0 spiro atoms. The molecule has 1 saturated heterocycles. The first-order valence-electron chi connectivity index (χ1n) is 6.22. The molecule has 1 saturated carbocycles. The summed E-state index contributed by atoms with van der Waals surface area (Å²) >= 11 is 0. The molecule has 15 heavy (non-hydrogen) atoms.